The molecule has 1 saturated heterocycles. The third kappa shape index (κ3) is 4.18. The summed E-state index contributed by atoms with van der Waals surface area (Å²) in [7, 11) is -3.70. The van der Waals surface area contributed by atoms with Crippen LogP contribution in [0.4, 0.5) is 5.69 Å². The minimum Gasteiger partial charge on any atom is -0.490 e. The van der Waals surface area contributed by atoms with Crippen LogP contribution in [0.25, 0.3) is 21.9 Å². The molecule has 3 aromatic carbocycles. The number of ether oxygens (including phenoxy) is 2. The molecular weight excluding hydrogens is 480 g/mol. The molecule has 8 nitrogen and oxygen atoms in total. The molecule has 2 aliphatic heterocycles. The molecule has 36 heavy (non-hydrogen) atoms. The Bertz CT molecular complexity index is 1550. The Morgan fingerprint density at radius 3 is 2.44 bits per heavy atom. The first-order chi connectivity index (χ1) is 17.5. The summed E-state index contributed by atoms with van der Waals surface area (Å²) in [5, 5.41) is 4.95. The number of benzene rings is 3. The van der Waals surface area contributed by atoms with E-state index in [4.69, 9.17) is 13.9 Å². The van der Waals surface area contributed by atoms with E-state index in [1.54, 1.807) is 12.1 Å². The van der Waals surface area contributed by atoms with Gasteiger partial charge in [-0.25, -0.2) is 8.42 Å². The predicted molar refractivity (Wildman–Crippen MR) is 136 cm³/mol. The molecule has 0 atom stereocenters. The zero-order chi connectivity index (χ0) is 24.7. The summed E-state index contributed by atoms with van der Waals surface area (Å²) in [5.41, 5.74) is 2.27. The summed E-state index contributed by atoms with van der Waals surface area (Å²) in [6.45, 7) is 1.59. The van der Waals surface area contributed by atoms with Crippen LogP contribution in [0.1, 0.15) is 19.3 Å². The minimum absolute atomic E-state index is 0.102. The van der Waals surface area contributed by atoms with Gasteiger partial charge in [-0.15, -0.1) is 0 Å². The van der Waals surface area contributed by atoms with Gasteiger partial charge < -0.3 is 19.2 Å². The number of piperidine rings is 1. The van der Waals surface area contributed by atoms with Gasteiger partial charge in [-0.3, -0.25) is 4.79 Å². The zero-order valence-corrected chi connectivity index (χ0v) is 20.4. The van der Waals surface area contributed by atoms with Crippen molar-refractivity contribution in [3.8, 4) is 11.5 Å². The molecule has 186 valence electrons. The van der Waals surface area contributed by atoms with E-state index in [1.807, 2.05) is 42.5 Å². The number of nitrogens with one attached hydrogen (secondary N) is 1. The van der Waals surface area contributed by atoms with E-state index in [0.29, 0.717) is 43.2 Å². The molecule has 1 aromatic heterocycles. The number of amides is 1. The zero-order valence-electron chi connectivity index (χ0n) is 19.6. The number of anilines is 1. The Kier molecular flexibility index (Phi) is 5.81. The molecule has 1 amide bonds. The van der Waals surface area contributed by atoms with E-state index in [9.17, 15) is 13.2 Å². The van der Waals surface area contributed by atoms with Crippen molar-refractivity contribution in [2.24, 2.45) is 5.92 Å². The summed E-state index contributed by atoms with van der Waals surface area (Å²) >= 11 is 0. The van der Waals surface area contributed by atoms with E-state index in [0.717, 1.165) is 28.4 Å². The maximum atomic E-state index is 13.3. The molecule has 0 saturated carbocycles. The normalized spacial score (nSPS) is 17.2. The second-order valence-electron chi connectivity index (χ2n) is 9.14. The van der Waals surface area contributed by atoms with Crippen LogP contribution in [0, 0.1) is 5.92 Å². The van der Waals surface area contributed by atoms with E-state index in [1.165, 1.54) is 10.4 Å². The van der Waals surface area contributed by atoms with Gasteiger partial charge in [0.25, 0.3) is 0 Å². The number of hydrogen-bond acceptors (Lipinski definition) is 6. The van der Waals surface area contributed by atoms with Crippen LogP contribution < -0.4 is 14.8 Å². The molecule has 6 rings (SSSR count). The first-order valence-corrected chi connectivity index (χ1v) is 13.5. The Balaban J connectivity index is 1.13. The van der Waals surface area contributed by atoms with E-state index < -0.39 is 10.0 Å². The number of para-hydroxylation sites is 1. The number of rotatable bonds is 4. The number of carbonyl (C=O) groups is 1. The number of carbonyl (C=O) groups excluding carboxylic acids is 1. The Morgan fingerprint density at radius 2 is 1.61 bits per heavy atom. The largest absolute Gasteiger partial charge is 0.490 e. The molecule has 0 bridgehead atoms. The van der Waals surface area contributed by atoms with Crippen LogP contribution >= 0.6 is 0 Å². The third-order valence-corrected chi connectivity index (χ3v) is 8.72. The molecule has 1 N–H and O–H groups in total. The fourth-order valence-corrected chi connectivity index (χ4v) is 6.35. The topological polar surface area (TPSA) is 98.1 Å². The lowest BCUT2D eigenvalue weighted by atomic mass is 9.97. The van der Waals surface area contributed by atoms with Gasteiger partial charge in [-0.1, -0.05) is 18.2 Å². The predicted octanol–water partition coefficient (Wildman–Crippen LogP) is 4.79. The summed E-state index contributed by atoms with van der Waals surface area (Å²) in [6, 6.07) is 18.1. The average Bonchev–Trinajstić information content (AvgIpc) is 3.09. The number of nitrogens with zero attached hydrogens (tertiary/aromatic N) is 1. The van der Waals surface area contributed by atoms with Gasteiger partial charge in [0.15, 0.2) is 11.5 Å². The minimum atomic E-state index is -3.70. The van der Waals surface area contributed by atoms with Crippen molar-refractivity contribution in [1.29, 1.82) is 0 Å². The van der Waals surface area contributed by atoms with Gasteiger partial charge in [0.1, 0.15) is 11.2 Å². The van der Waals surface area contributed by atoms with Crippen LogP contribution in [-0.4, -0.2) is 44.9 Å². The van der Waals surface area contributed by atoms with Crippen LogP contribution in [0.3, 0.4) is 0 Å². The van der Waals surface area contributed by atoms with Gasteiger partial charge in [-0.2, -0.15) is 4.31 Å². The molecule has 0 unspecified atom stereocenters. The van der Waals surface area contributed by atoms with Crippen molar-refractivity contribution >= 4 is 43.6 Å². The van der Waals surface area contributed by atoms with Gasteiger partial charge in [0, 0.05) is 48.0 Å². The summed E-state index contributed by atoms with van der Waals surface area (Å²) in [6.07, 6.45) is 1.65. The number of hydrogen-bond donors (Lipinski definition) is 1. The smallest absolute Gasteiger partial charge is 0.243 e. The Labute approximate surface area is 208 Å². The lowest BCUT2D eigenvalue weighted by Gasteiger charge is -2.30. The highest BCUT2D eigenvalue weighted by molar-refractivity contribution is 7.89. The number of sulfonamides is 1. The van der Waals surface area contributed by atoms with Crippen molar-refractivity contribution in [2.75, 3.05) is 31.6 Å². The second kappa shape index (κ2) is 9.15. The monoisotopic (exact) mass is 506 g/mol. The van der Waals surface area contributed by atoms with E-state index >= 15 is 0 Å². The highest BCUT2D eigenvalue weighted by Crippen LogP contribution is 2.34. The van der Waals surface area contributed by atoms with Crippen molar-refractivity contribution < 1.29 is 27.1 Å². The van der Waals surface area contributed by atoms with Gasteiger partial charge in [-0.05, 0) is 49.2 Å². The summed E-state index contributed by atoms with van der Waals surface area (Å²) in [4.78, 5) is 13.2. The average molecular weight is 507 g/mol. The van der Waals surface area contributed by atoms with Crippen molar-refractivity contribution in [2.45, 2.75) is 24.2 Å². The maximum Gasteiger partial charge on any atom is 0.243 e. The molecule has 4 aromatic rings. The van der Waals surface area contributed by atoms with Crippen molar-refractivity contribution in [1.82, 2.24) is 4.31 Å². The van der Waals surface area contributed by atoms with Gasteiger partial charge >= 0.3 is 0 Å². The Morgan fingerprint density at radius 1 is 0.861 bits per heavy atom. The fourth-order valence-electron chi connectivity index (χ4n) is 4.86. The van der Waals surface area contributed by atoms with Gasteiger partial charge in [0.2, 0.25) is 15.9 Å². The third-order valence-electron chi connectivity index (χ3n) is 6.83. The second-order valence-corrected chi connectivity index (χ2v) is 11.1. The lowest BCUT2D eigenvalue weighted by molar-refractivity contribution is -0.120. The summed E-state index contributed by atoms with van der Waals surface area (Å²) < 4.78 is 45.1. The maximum absolute atomic E-state index is 13.3. The van der Waals surface area contributed by atoms with Crippen LogP contribution in [-0.2, 0) is 14.8 Å². The molecule has 0 radical (unpaired) electrons. The van der Waals surface area contributed by atoms with Crippen LogP contribution in [0.2, 0.25) is 0 Å². The summed E-state index contributed by atoms with van der Waals surface area (Å²) in [5.74, 6) is 0.639. The highest BCUT2D eigenvalue weighted by atomic mass is 32.2. The first-order valence-electron chi connectivity index (χ1n) is 12.1. The van der Waals surface area contributed by atoms with Crippen LogP contribution in [0.15, 0.2) is 70.0 Å². The number of fused-ring (bicyclic) bond motifs is 4. The molecular formula is C27H26N2O6S. The fraction of sp³-hybridized carbons (Fsp3) is 0.296. The molecule has 1 fully saturated rings. The van der Waals surface area contributed by atoms with Crippen molar-refractivity contribution in [3.05, 3.63) is 60.7 Å². The van der Waals surface area contributed by atoms with Gasteiger partial charge in [0.05, 0.1) is 18.1 Å². The quantitative estimate of drug-likeness (QED) is 0.428. The Hall–Kier alpha value is -3.56. The van der Waals surface area contributed by atoms with Crippen LogP contribution in [0.5, 0.6) is 11.5 Å². The van der Waals surface area contributed by atoms with Crippen molar-refractivity contribution in [3.63, 3.8) is 0 Å². The molecule has 0 spiro atoms. The highest BCUT2D eigenvalue weighted by Gasteiger charge is 2.33. The first kappa shape index (κ1) is 22.9. The molecule has 0 aliphatic carbocycles. The molecule has 3 heterocycles. The number of furan rings is 1. The van der Waals surface area contributed by atoms with E-state index in [2.05, 4.69) is 5.32 Å². The lowest BCUT2D eigenvalue weighted by Crippen LogP contribution is -2.41. The molecule has 9 heteroatoms. The standard InChI is InChI=1S/C27H26N2O6S/c30-27(28-19-6-8-24-22(16-19)21-4-1-2-5-23(21)35-24)18-10-12-29(13-11-18)36(31,32)20-7-9-25-26(17-20)34-15-3-14-33-25/h1-2,4-9,16-18H,3,10-15H2,(H,28,30). The van der Waals surface area contributed by atoms with E-state index in [-0.39, 0.29) is 29.8 Å². The SMILES string of the molecule is O=C(Nc1ccc2oc3ccccc3c2c1)C1CCN(S(=O)(=O)c2ccc3c(c2)OCCCO3)CC1. The molecule has 2 aliphatic rings.